The minimum atomic E-state index is -1.68. The normalized spacial score (nSPS) is 23.9. The van der Waals surface area contributed by atoms with Crippen LogP contribution in [0.1, 0.15) is 103 Å². The van der Waals surface area contributed by atoms with Gasteiger partial charge in [0.2, 0.25) is 17.7 Å². The Morgan fingerprint density at radius 1 is 0.966 bits per heavy atom. The third-order valence-electron chi connectivity index (χ3n) is 15.8. The number of nitrogens with one attached hydrogen (secondary N) is 5. The Hall–Kier alpha value is -6.94. The second-order valence-electron chi connectivity index (χ2n) is 22.8. The van der Waals surface area contributed by atoms with Crippen LogP contribution in [0.3, 0.4) is 0 Å². The summed E-state index contributed by atoms with van der Waals surface area (Å²) >= 11 is 12.4. The maximum absolute atomic E-state index is 14.7. The number of hydrogen-bond acceptors (Lipinski definition) is 18. The molecule has 0 unspecified atom stereocenters. The number of urea groups is 1. The van der Waals surface area contributed by atoms with Crippen molar-refractivity contribution in [2.45, 2.75) is 147 Å². The summed E-state index contributed by atoms with van der Waals surface area (Å²) in [6.07, 6.45) is 1.35. The van der Waals surface area contributed by atoms with Gasteiger partial charge in [-0.2, -0.15) is 0 Å². The van der Waals surface area contributed by atoms with Crippen molar-refractivity contribution in [3.63, 3.8) is 0 Å². The number of aliphatic hydroxyl groups is 1. The number of ether oxygens (including phenoxy) is 8. The number of likely N-dealkylation sites (N-methyl/N-ethyl adjacent to an activating group) is 1. The number of allylic oxidation sites excluding steroid dienone is 3. The predicted octanol–water partition coefficient (Wildman–Crippen LogP) is 4.46. The molecule has 0 spiro atoms. The SMILES string of the molecule is COc1ccc(C(=O)N(C)[C@@H](C)C(=O)O[C@H]2CC(=O)N(C)c3cc(cc(OC)c3Cl)C/C(C)=C/C=C/[C@@H](OC)[C@]3(O)CC(=O)O[C@@H](C3)[C@@H](C)[C@@H]3O[C@@]23C)c(NC(=O)[C@H](CCCNC(N)=O)NC(=O)[C@@H](NC(=S)NCCOCCOCCC(C)=O)C(C)C)c1. The molecule has 3 heterocycles. The van der Waals surface area contributed by atoms with Crippen molar-refractivity contribution < 1.29 is 81.4 Å². The van der Waals surface area contributed by atoms with E-state index in [4.69, 9.17) is 67.4 Å². The van der Waals surface area contributed by atoms with Gasteiger partial charge in [0.15, 0.2) is 5.11 Å². The smallest absolute Gasteiger partial charge is 0.328 e. The molecular weight excluding hydrogens is 1180 g/mol. The number of anilines is 2. The number of rotatable bonds is 26. The molecule has 0 aromatic heterocycles. The van der Waals surface area contributed by atoms with Gasteiger partial charge >= 0.3 is 18.0 Å². The van der Waals surface area contributed by atoms with Crippen molar-refractivity contribution in [2.24, 2.45) is 17.6 Å². The van der Waals surface area contributed by atoms with Crippen LogP contribution in [0, 0.1) is 11.8 Å². The third-order valence-corrected chi connectivity index (χ3v) is 16.4. The molecule has 8 N–H and O–H groups in total. The molecule has 88 heavy (non-hydrogen) atoms. The Balaban J connectivity index is 1.39. The van der Waals surface area contributed by atoms with Gasteiger partial charge < -0.3 is 85.1 Å². The van der Waals surface area contributed by atoms with Crippen molar-refractivity contribution in [1.82, 2.24) is 26.2 Å². The first kappa shape index (κ1) is 71.8. The van der Waals surface area contributed by atoms with E-state index in [1.165, 1.54) is 72.4 Å². The van der Waals surface area contributed by atoms with Crippen LogP contribution in [-0.4, -0.2) is 191 Å². The molecule has 4 bridgehead atoms. The number of benzene rings is 2. The number of primary amides is 1. The highest BCUT2D eigenvalue weighted by Crippen LogP contribution is 2.50. The van der Waals surface area contributed by atoms with Crippen LogP contribution >= 0.6 is 23.8 Å². The van der Waals surface area contributed by atoms with E-state index in [2.05, 4.69) is 26.6 Å². The van der Waals surface area contributed by atoms with Crippen LogP contribution in [-0.2, 0) is 63.6 Å². The number of carbonyl (C=O) groups is 8. The number of fused-ring (bicyclic) bond motifs is 5. The van der Waals surface area contributed by atoms with Gasteiger partial charge in [-0.15, -0.1) is 0 Å². The quantitative estimate of drug-likeness (QED) is 0.0296. The number of methoxy groups -OCH3 is 3. The molecule has 2 aromatic carbocycles. The second-order valence-corrected chi connectivity index (χ2v) is 23.6. The maximum Gasteiger partial charge on any atom is 0.328 e. The van der Waals surface area contributed by atoms with Crippen LogP contribution < -0.4 is 46.7 Å². The van der Waals surface area contributed by atoms with E-state index < -0.39 is 108 Å². The Labute approximate surface area is 524 Å². The zero-order chi connectivity index (χ0) is 65.2. The van der Waals surface area contributed by atoms with Gasteiger partial charge in [-0.05, 0) is 94.9 Å². The minimum absolute atomic E-state index is 0.0102. The summed E-state index contributed by atoms with van der Waals surface area (Å²) in [5.41, 5.74) is 4.02. The molecule has 3 aliphatic rings. The maximum atomic E-state index is 14.7. The number of nitrogens with two attached hydrogens (primary N) is 1. The lowest BCUT2D eigenvalue weighted by molar-refractivity contribution is -0.187. The van der Waals surface area contributed by atoms with Gasteiger partial charge in [0, 0.05) is 59.1 Å². The molecule has 486 valence electrons. The Morgan fingerprint density at radius 3 is 2.32 bits per heavy atom. The highest BCUT2D eigenvalue weighted by Gasteiger charge is 2.64. The highest BCUT2D eigenvalue weighted by molar-refractivity contribution is 7.80. The number of hydrogen-bond donors (Lipinski definition) is 7. The highest BCUT2D eigenvalue weighted by atomic mass is 35.5. The molecule has 10 atom stereocenters. The molecule has 5 rings (SSSR count). The fraction of sp³-hybridized carbons (Fsp3) is 0.590. The number of Topliss-reactive ketones (excluding diaryl/α,β-unsaturated/α-hetero) is 1. The Kier molecular flexibility index (Phi) is 27.0. The van der Waals surface area contributed by atoms with Crippen LogP contribution in [0.15, 0.2) is 54.1 Å². The zero-order valence-electron chi connectivity index (χ0n) is 52.2. The molecule has 6 amide bonds. The fourth-order valence-electron chi connectivity index (χ4n) is 10.3. The van der Waals surface area contributed by atoms with Crippen molar-refractivity contribution >= 4 is 87.7 Å². The van der Waals surface area contributed by atoms with E-state index in [-0.39, 0.29) is 77.7 Å². The molecule has 0 aliphatic carbocycles. The first-order valence-electron chi connectivity index (χ1n) is 29.2. The van der Waals surface area contributed by atoms with Gasteiger partial charge in [0.1, 0.15) is 69.9 Å². The van der Waals surface area contributed by atoms with Crippen LogP contribution in [0.2, 0.25) is 5.02 Å². The molecule has 0 radical (unpaired) electrons. The monoisotopic (exact) mass is 1270 g/mol. The summed E-state index contributed by atoms with van der Waals surface area (Å²) in [6.45, 7) is 13.3. The number of esters is 2. The number of thiocarbonyl (C=S) groups is 1. The summed E-state index contributed by atoms with van der Waals surface area (Å²) in [6, 6.07) is 3.42. The van der Waals surface area contributed by atoms with E-state index in [0.29, 0.717) is 50.6 Å². The van der Waals surface area contributed by atoms with Gasteiger partial charge in [-0.1, -0.05) is 56.2 Å². The summed E-state index contributed by atoms with van der Waals surface area (Å²) < 4.78 is 46.3. The van der Waals surface area contributed by atoms with Crippen LogP contribution in [0.5, 0.6) is 11.5 Å². The topological polar surface area (TPSA) is 327 Å². The second kappa shape index (κ2) is 33.0. The van der Waals surface area contributed by atoms with Gasteiger partial charge in [0.05, 0.1) is 76.5 Å². The summed E-state index contributed by atoms with van der Waals surface area (Å²) in [7, 11) is 7.15. The summed E-state index contributed by atoms with van der Waals surface area (Å²) in [4.78, 5) is 111. The lowest BCUT2D eigenvalue weighted by atomic mass is 9.78. The third kappa shape index (κ3) is 19.8. The molecule has 0 saturated carbocycles. The number of epoxide rings is 1. The van der Waals surface area contributed by atoms with Crippen molar-refractivity contribution in [3.8, 4) is 11.5 Å². The standard InChI is InChI=1S/C61H87ClN8O17S/c1-34(2)52(68-59(88)65-22-24-84-26-25-83-23-20-36(4)71)55(75)66-42(16-14-21-64-58(63)78)54(74)67-43-30-40(80-10)18-19-41(43)56(76)69(8)38(6)57(77)86-48-31-49(72)70(9)44-28-39(29-45(81-11)51(44)62)27-35(3)15-13-17-47(82-12)61(79)32-46(85-50(73)33-61)37(5)53-60(48,7)87-53/h13,15,17-19,28-30,34,37-38,42,46-48,52-53,79H,14,16,20-27,31-33H2,1-12H3,(H,66,75)(H,67,74)(H3,63,64,78)(H2,65,68,88)/b17-13+,35-15+/t37-,38+,42+,46+,47-,48+,52+,53+,60+,61-/m1/s1. The lowest BCUT2D eigenvalue weighted by Gasteiger charge is -2.41. The van der Waals surface area contributed by atoms with Gasteiger partial charge in [-0.25, -0.2) is 9.59 Å². The first-order valence-corrected chi connectivity index (χ1v) is 29.9. The fourth-order valence-corrected chi connectivity index (χ4v) is 10.9. The molecule has 27 heteroatoms. The molecular formula is C61H87ClN8O17S. The van der Waals surface area contributed by atoms with Gasteiger partial charge in [0.25, 0.3) is 5.91 Å². The van der Waals surface area contributed by atoms with Crippen LogP contribution in [0.4, 0.5) is 16.2 Å². The van der Waals surface area contributed by atoms with E-state index in [1.54, 1.807) is 52.0 Å². The summed E-state index contributed by atoms with van der Waals surface area (Å²) in [5.74, 6) is -4.66. The lowest BCUT2D eigenvalue weighted by Crippen LogP contribution is -2.56. The number of ketones is 1. The average Bonchev–Trinajstić information content (AvgIpc) is 1.65. The van der Waals surface area contributed by atoms with Crippen molar-refractivity contribution in [1.29, 1.82) is 0 Å². The number of carbonyl (C=O) groups excluding carboxylic acids is 8. The number of halogens is 1. The first-order chi connectivity index (χ1) is 41.6. The van der Waals surface area contributed by atoms with E-state index >= 15 is 0 Å². The molecule has 2 aromatic rings. The average molecular weight is 1270 g/mol. The van der Waals surface area contributed by atoms with Crippen molar-refractivity contribution in [2.75, 3.05) is 85.2 Å². The number of nitrogens with zero attached hydrogens (tertiary/aromatic N) is 2. The van der Waals surface area contributed by atoms with Gasteiger partial charge in [-0.3, -0.25) is 28.8 Å². The van der Waals surface area contributed by atoms with E-state index in [1.807, 2.05) is 13.0 Å². The Morgan fingerprint density at radius 2 is 1.67 bits per heavy atom. The van der Waals surface area contributed by atoms with E-state index in [0.717, 1.165) is 16.0 Å². The molecule has 2 fully saturated rings. The Bertz CT molecular complexity index is 2910. The van der Waals surface area contributed by atoms with Crippen molar-refractivity contribution in [3.05, 3.63) is 70.3 Å². The van der Waals surface area contributed by atoms with Crippen LogP contribution in [0.25, 0.3) is 0 Å². The number of amides is 6. The molecule has 25 nitrogen and oxygen atoms in total. The van der Waals surface area contributed by atoms with E-state index in [9.17, 15) is 43.5 Å². The zero-order valence-corrected chi connectivity index (χ0v) is 53.8. The predicted molar refractivity (Wildman–Crippen MR) is 331 cm³/mol. The molecule has 3 aliphatic heterocycles. The minimum Gasteiger partial charge on any atom is -0.497 e. The summed E-state index contributed by atoms with van der Waals surface area (Å²) in [5, 5.41) is 26.4. The largest absolute Gasteiger partial charge is 0.497 e. The molecule has 2 saturated heterocycles.